The Labute approximate surface area is 217 Å². The number of anilines is 2. The van der Waals surface area contributed by atoms with Crippen LogP contribution in [0.4, 0.5) is 10.7 Å². The normalized spacial score (nSPS) is 10.9. The molecule has 1 N–H and O–H groups in total. The zero-order valence-corrected chi connectivity index (χ0v) is 21.1. The minimum atomic E-state index is -0.492. The van der Waals surface area contributed by atoms with Crippen LogP contribution in [0, 0.1) is 0 Å². The quantitative estimate of drug-likeness (QED) is 0.143. The minimum absolute atomic E-state index is 0.216. The summed E-state index contributed by atoms with van der Waals surface area (Å²) in [6, 6.07) is 24.0. The van der Waals surface area contributed by atoms with E-state index >= 15 is 0 Å². The third-order valence-corrected chi connectivity index (χ3v) is 6.94. The van der Waals surface area contributed by atoms with Gasteiger partial charge in [-0.05, 0) is 48.4 Å². The lowest BCUT2D eigenvalue weighted by atomic mass is 9.99. The third-order valence-electron chi connectivity index (χ3n) is 5.08. The Kier molecular flexibility index (Phi) is 8.03. The van der Waals surface area contributed by atoms with E-state index in [1.54, 1.807) is 31.2 Å². The van der Waals surface area contributed by atoms with Crippen LogP contribution < -0.4 is 5.32 Å². The molecule has 7 heteroatoms. The largest absolute Gasteiger partial charge is 0.462 e. The molecule has 0 atom stereocenters. The Hall–Kier alpha value is -3.38. The van der Waals surface area contributed by atoms with Gasteiger partial charge in [0.25, 0.3) is 0 Å². The number of hydrogen-bond acceptors (Lipinski definition) is 5. The van der Waals surface area contributed by atoms with Crippen LogP contribution in [0.5, 0.6) is 0 Å². The maximum Gasteiger partial charge on any atom is 0.341 e. The molecular formula is C28H21Cl2NO3S. The molecule has 3 aromatic carbocycles. The van der Waals surface area contributed by atoms with Gasteiger partial charge in [-0.1, -0.05) is 83.9 Å². The average molecular weight is 522 g/mol. The number of para-hydroxylation sites is 1. The van der Waals surface area contributed by atoms with Crippen molar-refractivity contribution in [3.63, 3.8) is 0 Å². The van der Waals surface area contributed by atoms with Gasteiger partial charge in [-0.15, -0.1) is 11.3 Å². The van der Waals surface area contributed by atoms with Crippen LogP contribution in [-0.4, -0.2) is 18.4 Å². The van der Waals surface area contributed by atoms with Crippen LogP contribution in [-0.2, 0) is 4.74 Å². The molecule has 35 heavy (non-hydrogen) atoms. The Bertz CT molecular complexity index is 1380. The van der Waals surface area contributed by atoms with Crippen molar-refractivity contribution in [2.75, 3.05) is 11.9 Å². The zero-order valence-electron chi connectivity index (χ0n) is 18.8. The maximum atomic E-state index is 13.4. The topological polar surface area (TPSA) is 55.4 Å². The molecule has 0 unspecified atom stereocenters. The molecule has 0 saturated carbocycles. The first kappa shape index (κ1) is 24.7. The molecular weight excluding hydrogens is 501 g/mol. The van der Waals surface area contributed by atoms with E-state index in [1.807, 2.05) is 60.7 Å². The SMILES string of the molecule is CCOC(=O)c1c(Nc2ccccc2)sc(C(=O)/C=C/c2ccc(Cl)c(Cl)c2)c1-c1ccccc1. The van der Waals surface area contributed by atoms with Crippen molar-refractivity contribution in [3.8, 4) is 11.1 Å². The molecule has 0 amide bonds. The number of hydrogen-bond donors (Lipinski definition) is 1. The number of rotatable bonds is 8. The number of esters is 1. The average Bonchev–Trinajstić information content (AvgIpc) is 3.25. The molecule has 0 aliphatic carbocycles. The van der Waals surface area contributed by atoms with Gasteiger partial charge in [0.2, 0.25) is 0 Å². The van der Waals surface area contributed by atoms with Gasteiger partial charge in [-0.2, -0.15) is 0 Å². The van der Waals surface area contributed by atoms with Crippen molar-refractivity contribution >= 4 is 63.1 Å². The summed E-state index contributed by atoms with van der Waals surface area (Å²) >= 11 is 13.3. The van der Waals surface area contributed by atoms with Gasteiger partial charge >= 0.3 is 5.97 Å². The summed E-state index contributed by atoms with van der Waals surface area (Å²) in [5.41, 5.74) is 3.15. The molecule has 0 spiro atoms. The predicted molar refractivity (Wildman–Crippen MR) is 145 cm³/mol. The van der Waals surface area contributed by atoms with E-state index in [1.165, 1.54) is 17.4 Å². The van der Waals surface area contributed by atoms with Crippen molar-refractivity contribution in [2.45, 2.75) is 6.92 Å². The van der Waals surface area contributed by atoms with Crippen LogP contribution in [0.1, 0.15) is 32.5 Å². The second-order valence-electron chi connectivity index (χ2n) is 7.46. The van der Waals surface area contributed by atoms with E-state index in [9.17, 15) is 9.59 Å². The highest BCUT2D eigenvalue weighted by molar-refractivity contribution is 7.19. The summed E-state index contributed by atoms with van der Waals surface area (Å²) in [4.78, 5) is 27.0. The first-order chi connectivity index (χ1) is 17.0. The second kappa shape index (κ2) is 11.4. The number of carbonyl (C=O) groups excluding carboxylic acids is 2. The predicted octanol–water partition coefficient (Wildman–Crippen LogP) is 8.54. The van der Waals surface area contributed by atoms with E-state index in [4.69, 9.17) is 27.9 Å². The molecule has 1 heterocycles. The second-order valence-corrected chi connectivity index (χ2v) is 9.29. The molecule has 0 saturated heterocycles. The fraction of sp³-hybridized carbons (Fsp3) is 0.0714. The lowest BCUT2D eigenvalue weighted by molar-refractivity contribution is 0.0529. The lowest BCUT2D eigenvalue weighted by Gasteiger charge is -2.10. The van der Waals surface area contributed by atoms with Crippen LogP contribution >= 0.6 is 34.5 Å². The summed E-state index contributed by atoms with van der Waals surface area (Å²) in [6.45, 7) is 1.97. The smallest absolute Gasteiger partial charge is 0.341 e. The van der Waals surface area contributed by atoms with Crippen molar-refractivity contribution in [1.82, 2.24) is 0 Å². The molecule has 0 radical (unpaired) electrons. The first-order valence-electron chi connectivity index (χ1n) is 10.9. The fourth-order valence-electron chi connectivity index (χ4n) is 3.49. The standard InChI is InChI=1S/C28H21Cl2NO3S/c1-2-34-28(33)25-24(19-9-5-3-6-10-19)26(35-27(25)31-20-11-7-4-8-12-20)23(32)16-14-18-13-15-21(29)22(30)17-18/h3-17,31H,2H2,1H3/b16-14+. The Balaban J connectivity index is 1.83. The molecule has 4 nitrogen and oxygen atoms in total. The zero-order chi connectivity index (χ0) is 24.8. The van der Waals surface area contributed by atoms with E-state index < -0.39 is 5.97 Å². The molecule has 0 bridgehead atoms. The van der Waals surface area contributed by atoms with Gasteiger partial charge in [0.15, 0.2) is 5.78 Å². The van der Waals surface area contributed by atoms with Crippen LogP contribution in [0.15, 0.2) is 84.9 Å². The van der Waals surface area contributed by atoms with Crippen molar-refractivity contribution in [1.29, 1.82) is 0 Å². The summed E-state index contributed by atoms with van der Waals surface area (Å²) in [5.74, 6) is -0.736. The Morgan fingerprint density at radius 1 is 0.943 bits per heavy atom. The molecule has 0 aliphatic rings. The Morgan fingerprint density at radius 3 is 2.29 bits per heavy atom. The number of ether oxygens (including phenoxy) is 1. The van der Waals surface area contributed by atoms with E-state index in [0.29, 0.717) is 31.1 Å². The molecule has 0 fully saturated rings. The summed E-state index contributed by atoms with van der Waals surface area (Å²) in [7, 11) is 0. The highest BCUT2D eigenvalue weighted by atomic mass is 35.5. The first-order valence-corrected chi connectivity index (χ1v) is 12.4. The number of carbonyl (C=O) groups is 2. The number of thiophene rings is 1. The highest BCUT2D eigenvalue weighted by Gasteiger charge is 2.28. The number of ketones is 1. The van der Waals surface area contributed by atoms with Crippen LogP contribution in [0.25, 0.3) is 17.2 Å². The van der Waals surface area contributed by atoms with Gasteiger partial charge < -0.3 is 10.1 Å². The number of benzene rings is 3. The number of halogens is 2. The third kappa shape index (κ3) is 5.82. The van der Waals surface area contributed by atoms with Crippen molar-refractivity contribution in [3.05, 3.63) is 111 Å². The molecule has 4 aromatic rings. The van der Waals surface area contributed by atoms with Gasteiger partial charge in [-0.25, -0.2) is 4.79 Å². The molecule has 1 aromatic heterocycles. The summed E-state index contributed by atoms with van der Waals surface area (Å²) < 4.78 is 5.39. The summed E-state index contributed by atoms with van der Waals surface area (Å²) in [5, 5.41) is 4.68. The fourth-order valence-corrected chi connectivity index (χ4v) is 4.94. The van der Waals surface area contributed by atoms with E-state index in [0.717, 1.165) is 16.8 Å². The van der Waals surface area contributed by atoms with Crippen molar-refractivity contribution in [2.24, 2.45) is 0 Å². The molecule has 4 rings (SSSR count). The van der Waals surface area contributed by atoms with Crippen LogP contribution in [0.2, 0.25) is 10.0 Å². The monoisotopic (exact) mass is 521 g/mol. The minimum Gasteiger partial charge on any atom is -0.462 e. The maximum absolute atomic E-state index is 13.4. The van der Waals surface area contributed by atoms with Crippen molar-refractivity contribution < 1.29 is 14.3 Å². The van der Waals surface area contributed by atoms with E-state index in [-0.39, 0.29) is 12.4 Å². The van der Waals surface area contributed by atoms with E-state index in [2.05, 4.69) is 5.32 Å². The molecule has 0 aliphatic heterocycles. The summed E-state index contributed by atoms with van der Waals surface area (Å²) in [6.07, 6.45) is 3.15. The van der Waals surface area contributed by atoms with Crippen LogP contribution in [0.3, 0.4) is 0 Å². The molecule has 176 valence electrons. The highest BCUT2D eigenvalue weighted by Crippen LogP contribution is 2.42. The van der Waals surface area contributed by atoms with Gasteiger partial charge in [0.05, 0.1) is 21.5 Å². The Morgan fingerprint density at radius 2 is 1.63 bits per heavy atom. The lowest BCUT2D eigenvalue weighted by Crippen LogP contribution is -2.08. The van der Waals surface area contributed by atoms with Gasteiger partial charge in [0, 0.05) is 11.3 Å². The van der Waals surface area contributed by atoms with Gasteiger partial charge in [0.1, 0.15) is 10.6 Å². The number of allylic oxidation sites excluding steroid dienone is 1. The van der Waals surface area contributed by atoms with Gasteiger partial charge in [-0.3, -0.25) is 4.79 Å². The number of nitrogens with one attached hydrogen (secondary N) is 1.